The van der Waals surface area contributed by atoms with Crippen molar-refractivity contribution in [1.29, 1.82) is 0 Å². The molecule has 0 aliphatic rings. The number of benzene rings is 2. The van der Waals surface area contributed by atoms with Gasteiger partial charge in [-0.3, -0.25) is 4.79 Å². The average Bonchev–Trinajstić information content (AvgIpc) is 3.09. The molecule has 3 rings (SSSR count). The molecule has 0 bridgehead atoms. The van der Waals surface area contributed by atoms with Crippen molar-refractivity contribution < 1.29 is 17.7 Å². The average molecular weight is 400 g/mol. The number of sulfonamides is 1. The van der Waals surface area contributed by atoms with Crippen LogP contribution in [-0.2, 0) is 14.8 Å². The number of rotatable bonds is 6. The van der Waals surface area contributed by atoms with Gasteiger partial charge in [0.2, 0.25) is 27.6 Å². The van der Waals surface area contributed by atoms with E-state index < -0.39 is 15.9 Å². The van der Waals surface area contributed by atoms with Gasteiger partial charge in [0.25, 0.3) is 0 Å². The molecule has 2 N–H and O–H groups in total. The number of aryl methyl sites for hydroxylation is 3. The molecular weight excluding hydrogens is 380 g/mol. The van der Waals surface area contributed by atoms with Crippen molar-refractivity contribution in [2.45, 2.75) is 25.7 Å². The number of nitrogens with one attached hydrogen (secondary N) is 2. The molecule has 1 amide bonds. The van der Waals surface area contributed by atoms with Crippen LogP contribution in [0.5, 0.6) is 0 Å². The SMILES string of the molecule is Cc1ccc(NC(=O)CNS(=O)(=O)c2cc(-c3noc(C)n3)ccc2C)cc1. The fourth-order valence-corrected chi connectivity index (χ4v) is 3.78. The minimum Gasteiger partial charge on any atom is -0.339 e. The van der Waals surface area contributed by atoms with E-state index in [-0.39, 0.29) is 11.4 Å². The number of nitrogens with zero attached hydrogens (tertiary/aromatic N) is 2. The van der Waals surface area contributed by atoms with E-state index in [0.29, 0.717) is 28.5 Å². The lowest BCUT2D eigenvalue weighted by atomic mass is 10.1. The first kappa shape index (κ1) is 19.7. The topological polar surface area (TPSA) is 114 Å². The molecule has 0 saturated carbocycles. The third-order valence-corrected chi connectivity index (χ3v) is 5.56. The minimum absolute atomic E-state index is 0.0515. The predicted molar refractivity (Wildman–Crippen MR) is 104 cm³/mol. The van der Waals surface area contributed by atoms with Gasteiger partial charge in [0.05, 0.1) is 11.4 Å². The molecule has 0 spiro atoms. The second-order valence-electron chi connectivity index (χ2n) is 6.36. The fraction of sp³-hybridized carbons (Fsp3) is 0.211. The van der Waals surface area contributed by atoms with Gasteiger partial charge in [0, 0.05) is 18.2 Å². The maximum Gasteiger partial charge on any atom is 0.241 e. The molecular formula is C19H20N4O4S. The summed E-state index contributed by atoms with van der Waals surface area (Å²) in [6.07, 6.45) is 0. The van der Waals surface area contributed by atoms with Crippen LogP contribution in [0.4, 0.5) is 5.69 Å². The summed E-state index contributed by atoms with van der Waals surface area (Å²) in [6, 6.07) is 12.0. The van der Waals surface area contributed by atoms with Crippen LogP contribution in [-0.4, -0.2) is 31.0 Å². The smallest absolute Gasteiger partial charge is 0.241 e. The summed E-state index contributed by atoms with van der Waals surface area (Å²) < 4.78 is 32.6. The monoisotopic (exact) mass is 400 g/mol. The molecule has 9 heteroatoms. The lowest BCUT2D eigenvalue weighted by Gasteiger charge is -2.11. The van der Waals surface area contributed by atoms with Crippen molar-refractivity contribution in [3.8, 4) is 11.4 Å². The van der Waals surface area contributed by atoms with Crippen LogP contribution in [0.15, 0.2) is 51.9 Å². The second kappa shape index (κ2) is 7.91. The van der Waals surface area contributed by atoms with E-state index >= 15 is 0 Å². The summed E-state index contributed by atoms with van der Waals surface area (Å²) >= 11 is 0. The van der Waals surface area contributed by atoms with E-state index in [1.807, 2.05) is 19.1 Å². The van der Waals surface area contributed by atoms with Gasteiger partial charge in [-0.1, -0.05) is 35.0 Å². The molecule has 0 atom stereocenters. The molecule has 146 valence electrons. The number of anilines is 1. The quantitative estimate of drug-likeness (QED) is 0.657. The fourth-order valence-electron chi connectivity index (χ4n) is 2.53. The molecule has 0 unspecified atom stereocenters. The molecule has 3 aromatic rings. The number of amides is 1. The lowest BCUT2D eigenvalue weighted by Crippen LogP contribution is -2.33. The van der Waals surface area contributed by atoms with E-state index in [2.05, 4.69) is 20.2 Å². The second-order valence-corrected chi connectivity index (χ2v) is 8.09. The van der Waals surface area contributed by atoms with Gasteiger partial charge >= 0.3 is 0 Å². The zero-order chi connectivity index (χ0) is 20.3. The van der Waals surface area contributed by atoms with Crippen LogP contribution in [0.2, 0.25) is 0 Å². The largest absolute Gasteiger partial charge is 0.339 e. The Balaban J connectivity index is 1.73. The highest BCUT2D eigenvalue weighted by Gasteiger charge is 2.20. The lowest BCUT2D eigenvalue weighted by molar-refractivity contribution is -0.115. The summed E-state index contributed by atoms with van der Waals surface area (Å²) in [5, 5.41) is 6.45. The summed E-state index contributed by atoms with van der Waals surface area (Å²) in [5.74, 6) is 0.215. The molecule has 1 aromatic heterocycles. The Morgan fingerprint density at radius 1 is 1.07 bits per heavy atom. The van der Waals surface area contributed by atoms with Crippen molar-refractivity contribution in [1.82, 2.24) is 14.9 Å². The first-order valence-corrected chi connectivity index (χ1v) is 10.0. The molecule has 0 saturated heterocycles. The Morgan fingerprint density at radius 3 is 2.43 bits per heavy atom. The number of carbonyl (C=O) groups excluding carboxylic acids is 1. The highest BCUT2D eigenvalue weighted by Crippen LogP contribution is 2.23. The van der Waals surface area contributed by atoms with Crippen LogP contribution in [0.25, 0.3) is 11.4 Å². The highest BCUT2D eigenvalue weighted by atomic mass is 32.2. The van der Waals surface area contributed by atoms with Crippen LogP contribution in [0, 0.1) is 20.8 Å². The molecule has 0 fully saturated rings. The van der Waals surface area contributed by atoms with Crippen molar-refractivity contribution in [2.24, 2.45) is 0 Å². The molecule has 2 aromatic carbocycles. The summed E-state index contributed by atoms with van der Waals surface area (Å²) in [4.78, 5) is 16.2. The van der Waals surface area contributed by atoms with Gasteiger partial charge in [-0.2, -0.15) is 4.98 Å². The van der Waals surface area contributed by atoms with Crippen LogP contribution < -0.4 is 10.0 Å². The normalized spacial score (nSPS) is 11.4. The Morgan fingerprint density at radius 2 is 1.79 bits per heavy atom. The highest BCUT2D eigenvalue weighted by molar-refractivity contribution is 7.89. The Hall–Kier alpha value is -3.04. The molecule has 0 aliphatic carbocycles. The summed E-state index contributed by atoms with van der Waals surface area (Å²) in [6.45, 7) is 4.87. The van der Waals surface area contributed by atoms with Crippen LogP contribution >= 0.6 is 0 Å². The molecule has 0 aliphatic heterocycles. The predicted octanol–water partition coefficient (Wildman–Crippen LogP) is 2.58. The Kier molecular flexibility index (Phi) is 5.57. The van der Waals surface area contributed by atoms with E-state index in [9.17, 15) is 13.2 Å². The minimum atomic E-state index is -3.91. The Bertz CT molecular complexity index is 1110. The Labute approximate surface area is 163 Å². The molecule has 8 nitrogen and oxygen atoms in total. The molecule has 28 heavy (non-hydrogen) atoms. The number of aromatic nitrogens is 2. The van der Waals surface area contributed by atoms with Gasteiger partial charge in [-0.15, -0.1) is 0 Å². The number of carbonyl (C=O) groups is 1. The number of hydrogen-bond donors (Lipinski definition) is 2. The first-order chi connectivity index (χ1) is 13.2. The van der Waals surface area contributed by atoms with E-state index in [1.165, 1.54) is 6.07 Å². The van der Waals surface area contributed by atoms with E-state index in [1.54, 1.807) is 38.1 Å². The van der Waals surface area contributed by atoms with Gasteiger partial charge in [-0.25, -0.2) is 13.1 Å². The standard InChI is InChI=1S/C19H20N4O4S/c1-12-4-8-16(9-5-12)22-18(24)11-20-28(25,26)17-10-15(7-6-13(17)2)19-21-14(3)27-23-19/h4-10,20H,11H2,1-3H3,(H,22,24). The van der Waals surface area contributed by atoms with Crippen LogP contribution in [0.1, 0.15) is 17.0 Å². The third kappa shape index (κ3) is 4.62. The van der Waals surface area contributed by atoms with Crippen molar-refractivity contribution in [3.63, 3.8) is 0 Å². The maximum atomic E-state index is 12.7. The summed E-state index contributed by atoms with van der Waals surface area (Å²) in [5.41, 5.74) is 2.70. The van der Waals surface area contributed by atoms with Gasteiger partial charge in [0.1, 0.15) is 0 Å². The van der Waals surface area contributed by atoms with Crippen molar-refractivity contribution in [2.75, 3.05) is 11.9 Å². The van der Waals surface area contributed by atoms with E-state index in [0.717, 1.165) is 5.56 Å². The maximum absolute atomic E-state index is 12.7. The van der Waals surface area contributed by atoms with Crippen molar-refractivity contribution >= 4 is 21.6 Å². The van der Waals surface area contributed by atoms with Crippen LogP contribution in [0.3, 0.4) is 0 Å². The molecule has 0 radical (unpaired) electrons. The first-order valence-electron chi connectivity index (χ1n) is 8.52. The third-order valence-electron chi connectivity index (χ3n) is 4.02. The van der Waals surface area contributed by atoms with Gasteiger partial charge in [-0.05, 0) is 37.6 Å². The van der Waals surface area contributed by atoms with Crippen molar-refractivity contribution in [3.05, 3.63) is 59.5 Å². The zero-order valence-electron chi connectivity index (χ0n) is 15.7. The van der Waals surface area contributed by atoms with Gasteiger partial charge < -0.3 is 9.84 Å². The summed E-state index contributed by atoms with van der Waals surface area (Å²) in [7, 11) is -3.91. The number of hydrogen-bond acceptors (Lipinski definition) is 6. The zero-order valence-corrected chi connectivity index (χ0v) is 16.5. The van der Waals surface area contributed by atoms with Gasteiger partial charge in [0.15, 0.2) is 0 Å². The van der Waals surface area contributed by atoms with E-state index in [4.69, 9.17) is 4.52 Å². The molecule has 1 heterocycles.